The zero-order valence-corrected chi connectivity index (χ0v) is 10.1. The van der Waals surface area contributed by atoms with E-state index in [1.54, 1.807) is 6.07 Å². The highest BCUT2D eigenvalue weighted by Crippen LogP contribution is 2.21. The van der Waals surface area contributed by atoms with Crippen molar-refractivity contribution in [2.24, 2.45) is 0 Å². The molecule has 1 nitrogen and oxygen atoms in total. The van der Waals surface area contributed by atoms with Gasteiger partial charge in [-0.05, 0) is 36.4 Å². The summed E-state index contributed by atoms with van der Waals surface area (Å²) in [6.45, 7) is -0.244. The zero-order valence-electron chi connectivity index (χ0n) is 9.16. The lowest BCUT2D eigenvalue weighted by Crippen LogP contribution is -2.00. The number of hydrogen-bond acceptors (Lipinski definition) is 2. The van der Waals surface area contributed by atoms with Crippen LogP contribution in [0.15, 0.2) is 41.3 Å². The van der Waals surface area contributed by atoms with Gasteiger partial charge in [0.25, 0.3) is 0 Å². The summed E-state index contributed by atoms with van der Waals surface area (Å²) in [6.07, 6.45) is 0. The Morgan fingerprint density at radius 1 is 0.944 bits per heavy atom. The maximum atomic E-state index is 13.4. The fourth-order valence-corrected chi connectivity index (χ4v) is 1.60. The van der Waals surface area contributed by atoms with Gasteiger partial charge in [0, 0.05) is 10.5 Å². The molecule has 0 N–H and O–H groups in total. The van der Waals surface area contributed by atoms with E-state index in [1.165, 1.54) is 12.1 Å². The third-order valence-corrected chi connectivity index (χ3v) is 2.58. The first-order chi connectivity index (χ1) is 8.56. The van der Waals surface area contributed by atoms with Crippen molar-refractivity contribution in [3.05, 3.63) is 59.4 Å². The predicted molar refractivity (Wildman–Crippen MR) is 64.3 cm³/mol. The van der Waals surface area contributed by atoms with Crippen molar-refractivity contribution in [2.75, 3.05) is 0 Å². The fourth-order valence-electron chi connectivity index (χ4n) is 1.42. The molecular formula is C13H9F3OS. The van der Waals surface area contributed by atoms with E-state index in [-0.39, 0.29) is 17.9 Å². The van der Waals surface area contributed by atoms with Crippen molar-refractivity contribution >= 4 is 12.6 Å². The van der Waals surface area contributed by atoms with Gasteiger partial charge in [0.1, 0.15) is 18.2 Å². The lowest BCUT2D eigenvalue weighted by Gasteiger charge is -2.08. The van der Waals surface area contributed by atoms with Gasteiger partial charge in [-0.2, -0.15) is 0 Å². The number of thiol groups is 1. The van der Waals surface area contributed by atoms with Crippen LogP contribution >= 0.6 is 12.6 Å². The molecule has 0 aliphatic heterocycles. The van der Waals surface area contributed by atoms with Gasteiger partial charge in [-0.1, -0.05) is 0 Å². The molecule has 0 radical (unpaired) electrons. The lowest BCUT2D eigenvalue weighted by atomic mass is 10.2. The summed E-state index contributed by atoms with van der Waals surface area (Å²) in [5, 5.41) is 0. The number of rotatable bonds is 3. The minimum absolute atomic E-state index is 0.0311. The summed E-state index contributed by atoms with van der Waals surface area (Å²) in [4.78, 5) is 0.455. The van der Waals surface area contributed by atoms with Crippen LogP contribution in [-0.2, 0) is 6.61 Å². The Morgan fingerprint density at radius 3 is 2.44 bits per heavy atom. The number of halogens is 3. The number of benzene rings is 2. The molecule has 0 aliphatic carbocycles. The second kappa shape index (κ2) is 5.35. The molecule has 0 bridgehead atoms. The molecule has 2 rings (SSSR count). The van der Waals surface area contributed by atoms with Crippen molar-refractivity contribution in [1.82, 2.24) is 0 Å². The number of ether oxygens (including phenoxy) is 1. The van der Waals surface area contributed by atoms with Crippen LogP contribution < -0.4 is 4.74 Å². The molecule has 0 fully saturated rings. The van der Waals surface area contributed by atoms with E-state index in [0.717, 1.165) is 18.2 Å². The first-order valence-electron chi connectivity index (χ1n) is 5.11. The Labute approximate surface area is 108 Å². The van der Waals surface area contributed by atoms with Gasteiger partial charge in [-0.15, -0.1) is 12.6 Å². The molecule has 0 aromatic heterocycles. The summed E-state index contributed by atoms with van der Waals surface area (Å²) in [5.74, 6) is -1.79. The van der Waals surface area contributed by atoms with Crippen molar-refractivity contribution in [2.45, 2.75) is 11.5 Å². The van der Waals surface area contributed by atoms with Crippen LogP contribution in [0.4, 0.5) is 13.2 Å². The van der Waals surface area contributed by atoms with Crippen LogP contribution in [0.5, 0.6) is 5.75 Å². The van der Waals surface area contributed by atoms with Crippen molar-refractivity contribution in [3.8, 4) is 5.75 Å². The number of hydrogen-bond donors (Lipinski definition) is 1. The van der Waals surface area contributed by atoms with Crippen LogP contribution in [0.1, 0.15) is 5.56 Å². The van der Waals surface area contributed by atoms with Gasteiger partial charge in [0.05, 0.1) is 0 Å². The predicted octanol–water partition coefficient (Wildman–Crippen LogP) is 3.97. The molecule has 2 aromatic carbocycles. The molecule has 0 atom stereocenters. The molecule has 5 heteroatoms. The monoisotopic (exact) mass is 270 g/mol. The van der Waals surface area contributed by atoms with Gasteiger partial charge in [-0.3, -0.25) is 0 Å². The van der Waals surface area contributed by atoms with E-state index in [9.17, 15) is 13.2 Å². The van der Waals surface area contributed by atoms with Crippen LogP contribution in [0.2, 0.25) is 0 Å². The normalized spacial score (nSPS) is 10.4. The highest BCUT2D eigenvalue weighted by atomic mass is 32.1. The summed E-state index contributed by atoms with van der Waals surface area (Å²) >= 11 is 3.96. The molecule has 0 spiro atoms. The molecule has 0 amide bonds. The summed E-state index contributed by atoms with van der Waals surface area (Å²) in [7, 11) is 0. The summed E-state index contributed by atoms with van der Waals surface area (Å²) in [5.41, 5.74) is 0.0318. The van der Waals surface area contributed by atoms with Crippen LogP contribution in [0, 0.1) is 17.5 Å². The van der Waals surface area contributed by atoms with Crippen molar-refractivity contribution in [3.63, 3.8) is 0 Å². The largest absolute Gasteiger partial charge is 0.486 e. The summed E-state index contributed by atoms with van der Waals surface area (Å²) < 4.78 is 44.7. The van der Waals surface area contributed by atoms with E-state index < -0.39 is 17.5 Å². The van der Waals surface area contributed by atoms with Crippen LogP contribution in [-0.4, -0.2) is 0 Å². The van der Waals surface area contributed by atoms with Crippen molar-refractivity contribution < 1.29 is 17.9 Å². The minimum atomic E-state index is -0.598. The highest BCUT2D eigenvalue weighted by Gasteiger charge is 2.07. The molecular weight excluding hydrogens is 261 g/mol. The SMILES string of the molecule is Fc1ccc(F)c(COc2ccc(S)cc2F)c1. The standard InChI is InChI=1S/C13H9F3OS/c14-9-1-3-11(15)8(5-9)7-17-13-4-2-10(18)6-12(13)16/h1-6,18H,7H2. The average molecular weight is 270 g/mol. The van der Waals surface area contributed by atoms with Crippen molar-refractivity contribution in [1.29, 1.82) is 0 Å². The molecule has 0 saturated carbocycles. The van der Waals surface area contributed by atoms with Gasteiger partial charge in [0.15, 0.2) is 11.6 Å². The summed E-state index contributed by atoms with van der Waals surface area (Å²) in [6, 6.07) is 7.13. The molecule has 94 valence electrons. The van der Waals surface area contributed by atoms with E-state index in [1.807, 2.05) is 0 Å². The van der Waals surface area contributed by atoms with E-state index in [0.29, 0.717) is 4.90 Å². The fraction of sp³-hybridized carbons (Fsp3) is 0.0769. The third-order valence-electron chi connectivity index (χ3n) is 2.31. The second-order valence-electron chi connectivity index (χ2n) is 3.64. The van der Waals surface area contributed by atoms with E-state index in [4.69, 9.17) is 4.74 Å². The Balaban J connectivity index is 2.13. The zero-order chi connectivity index (χ0) is 13.1. The second-order valence-corrected chi connectivity index (χ2v) is 4.16. The van der Waals surface area contributed by atoms with E-state index >= 15 is 0 Å². The topological polar surface area (TPSA) is 9.23 Å². The smallest absolute Gasteiger partial charge is 0.166 e. The van der Waals surface area contributed by atoms with E-state index in [2.05, 4.69) is 12.6 Å². The molecule has 0 saturated heterocycles. The van der Waals surface area contributed by atoms with Gasteiger partial charge in [0.2, 0.25) is 0 Å². The molecule has 0 unspecified atom stereocenters. The first-order valence-corrected chi connectivity index (χ1v) is 5.56. The Morgan fingerprint density at radius 2 is 1.72 bits per heavy atom. The van der Waals surface area contributed by atoms with Gasteiger partial charge in [-0.25, -0.2) is 13.2 Å². The minimum Gasteiger partial charge on any atom is -0.486 e. The lowest BCUT2D eigenvalue weighted by molar-refractivity contribution is 0.283. The molecule has 0 aliphatic rings. The van der Waals surface area contributed by atoms with Gasteiger partial charge >= 0.3 is 0 Å². The van der Waals surface area contributed by atoms with Crippen LogP contribution in [0.3, 0.4) is 0 Å². The maximum absolute atomic E-state index is 13.4. The first kappa shape index (κ1) is 12.8. The third kappa shape index (κ3) is 2.98. The molecule has 0 heterocycles. The Hall–Kier alpha value is -1.62. The quantitative estimate of drug-likeness (QED) is 0.830. The van der Waals surface area contributed by atoms with Gasteiger partial charge < -0.3 is 4.74 Å². The van der Waals surface area contributed by atoms with Crippen LogP contribution in [0.25, 0.3) is 0 Å². The average Bonchev–Trinajstić information content (AvgIpc) is 2.32. The molecule has 18 heavy (non-hydrogen) atoms. The molecule has 2 aromatic rings. The Bertz CT molecular complexity index is 572. The Kier molecular flexibility index (Phi) is 3.81. The maximum Gasteiger partial charge on any atom is 0.166 e. The highest BCUT2D eigenvalue weighted by molar-refractivity contribution is 7.80.